The van der Waals surface area contributed by atoms with E-state index in [0.717, 1.165) is 21.5 Å². The van der Waals surface area contributed by atoms with Crippen molar-refractivity contribution in [2.45, 2.75) is 12.2 Å². The Morgan fingerprint density at radius 2 is 0.810 bits per heavy atom. The molecule has 0 amide bonds. The number of hydrogen-bond acceptors (Lipinski definition) is 4. The van der Waals surface area contributed by atoms with Crippen LogP contribution in [0.3, 0.4) is 0 Å². The van der Waals surface area contributed by atoms with E-state index in [9.17, 15) is 9.59 Å². The molecule has 0 aliphatic heterocycles. The zero-order valence-electron chi connectivity index (χ0n) is 22.2. The number of fused-ring (bicyclic) bond motifs is 2. The van der Waals surface area contributed by atoms with Crippen LogP contribution in [0.25, 0.3) is 21.5 Å². The van der Waals surface area contributed by atoms with Crippen LogP contribution in [0.2, 0.25) is 0 Å². The zero-order valence-corrected chi connectivity index (χ0v) is 25.4. The first-order valence-electron chi connectivity index (χ1n) is 13.4. The van der Waals surface area contributed by atoms with Crippen LogP contribution in [-0.2, 0) is 9.47 Å². The summed E-state index contributed by atoms with van der Waals surface area (Å²) in [5.74, 6) is -1.07. The first kappa shape index (κ1) is 27.9. The molecule has 0 unspecified atom stereocenters. The minimum absolute atomic E-state index is 0.380. The van der Waals surface area contributed by atoms with E-state index in [0.29, 0.717) is 31.2 Å². The number of ether oxygens (including phenoxy) is 2. The van der Waals surface area contributed by atoms with Crippen LogP contribution in [0, 0.1) is 0 Å². The Morgan fingerprint density at radius 3 is 1.21 bits per heavy atom. The predicted octanol–water partition coefficient (Wildman–Crippen LogP) is 10.0. The Balaban J connectivity index is 1.41. The summed E-state index contributed by atoms with van der Waals surface area (Å²) >= 11 is 7.24. The molecule has 6 aromatic carbocycles. The van der Waals surface area contributed by atoms with Gasteiger partial charge in [0.2, 0.25) is 0 Å². The van der Waals surface area contributed by atoms with E-state index in [-0.39, 0.29) is 0 Å². The molecule has 6 heteroatoms. The molecule has 2 atom stereocenters. The van der Waals surface area contributed by atoms with E-state index in [2.05, 4.69) is 31.9 Å². The molecule has 0 bridgehead atoms. The van der Waals surface area contributed by atoms with Gasteiger partial charge in [0.15, 0.2) is 12.2 Å². The summed E-state index contributed by atoms with van der Waals surface area (Å²) < 4.78 is 13.8. The van der Waals surface area contributed by atoms with E-state index >= 15 is 0 Å². The number of carbonyl (C=O) groups excluding carboxylic acids is 2. The lowest BCUT2D eigenvalue weighted by Gasteiger charge is -2.28. The maximum absolute atomic E-state index is 13.8. The van der Waals surface area contributed by atoms with Gasteiger partial charge in [-0.15, -0.1) is 0 Å². The van der Waals surface area contributed by atoms with Crippen molar-refractivity contribution >= 4 is 65.3 Å². The molecular formula is C36H24Br2O4. The molecule has 0 N–H and O–H groups in total. The van der Waals surface area contributed by atoms with E-state index < -0.39 is 24.1 Å². The number of rotatable bonds is 7. The van der Waals surface area contributed by atoms with Gasteiger partial charge in [0.25, 0.3) is 0 Å². The molecule has 0 fully saturated rings. The smallest absolute Gasteiger partial charge is 0.340 e. The van der Waals surface area contributed by atoms with Crippen LogP contribution in [0.4, 0.5) is 0 Å². The first-order chi connectivity index (χ1) is 20.5. The van der Waals surface area contributed by atoms with Crippen molar-refractivity contribution in [1.82, 2.24) is 0 Å². The van der Waals surface area contributed by atoms with Gasteiger partial charge in [0, 0.05) is 8.95 Å². The highest BCUT2D eigenvalue weighted by atomic mass is 79.9. The average Bonchev–Trinajstić information content (AvgIpc) is 3.04. The van der Waals surface area contributed by atoms with Gasteiger partial charge in [0.1, 0.15) is 0 Å². The topological polar surface area (TPSA) is 52.6 Å². The second-order valence-corrected chi connectivity index (χ2v) is 11.4. The van der Waals surface area contributed by atoms with Crippen molar-refractivity contribution in [3.63, 3.8) is 0 Å². The molecule has 0 aromatic heterocycles. The lowest BCUT2D eigenvalue weighted by atomic mass is 9.97. The van der Waals surface area contributed by atoms with Gasteiger partial charge in [-0.3, -0.25) is 0 Å². The van der Waals surface area contributed by atoms with Crippen LogP contribution >= 0.6 is 31.9 Å². The van der Waals surface area contributed by atoms with Crippen molar-refractivity contribution in [3.05, 3.63) is 165 Å². The Bertz CT molecular complexity index is 1760. The molecule has 0 spiro atoms. The fraction of sp³-hybridized carbons (Fsp3) is 0.0556. The van der Waals surface area contributed by atoms with Gasteiger partial charge in [-0.05, 0) is 76.7 Å². The highest BCUT2D eigenvalue weighted by Gasteiger charge is 2.33. The molecule has 0 aliphatic rings. The van der Waals surface area contributed by atoms with Gasteiger partial charge in [0.05, 0.1) is 11.1 Å². The summed E-state index contributed by atoms with van der Waals surface area (Å²) in [7, 11) is 0. The van der Waals surface area contributed by atoms with Crippen molar-refractivity contribution in [2.24, 2.45) is 0 Å². The number of carbonyl (C=O) groups is 2. The van der Waals surface area contributed by atoms with Crippen molar-refractivity contribution < 1.29 is 19.1 Å². The minimum atomic E-state index is -0.928. The van der Waals surface area contributed by atoms with Gasteiger partial charge < -0.3 is 9.47 Å². The van der Waals surface area contributed by atoms with Crippen LogP contribution in [0.15, 0.2) is 142 Å². The van der Waals surface area contributed by atoms with Gasteiger partial charge >= 0.3 is 11.9 Å². The Morgan fingerprint density at radius 1 is 0.452 bits per heavy atom. The average molecular weight is 680 g/mol. The molecule has 6 rings (SSSR count). The quantitative estimate of drug-likeness (QED) is 0.158. The molecule has 0 saturated heterocycles. The lowest BCUT2D eigenvalue weighted by molar-refractivity contribution is -0.0389. The van der Waals surface area contributed by atoms with Crippen molar-refractivity contribution in [3.8, 4) is 0 Å². The standard InChI is InChI=1S/C36H24Br2O4/c37-31-27-17-9-7-11-23(27)19-21-29(31)35(39)41-33(25-13-3-1-4-14-25)34(26-15-5-2-6-16-26)42-36(40)30-22-20-24-12-8-10-18-28(24)32(30)38/h1-22,33-34H/t33-,34-/m0/s1. The zero-order chi connectivity index (χ0) is 29.1. The molecule has 0 heterocycles. The van der Waals surface area contributed by atoms with Crippen LogP contribution in [-0.4, -0.2) is 11.9 Å². The maximum atomic E-state index is 13.8. The third kappa shape index (κ3) is 5.60. The number of hydrogen-bond donors (Lipinski definition) is 0. The molecule has 4 nitrogen and oxygen atoms in total. The Labute approximate surface area is 260 Å². The molecular weight excluding hydrogens is 656 g/mol. The summed E-state index contributed by atoms with van der Waals surface area (Å²) in [5, 5.41) is 3.79. The molecule has 42 heavy (non-hydrogen) atoms. The third-order valence-corrected chi connectivity index (χ3v) is 8.87. The van der Waals surface area contributed by atoms with Gasteiger partial charge in [-0.1, -0.05) is 121 Å². The van der Waals surface area contributed by atoms with Crippen LogP contribution < -0.4 is 0 Å². The van der Waals surface area contributed by atoms with E-state index in [1.54, 1.807) is 12.1 Å². The van der Waals surface area contributed by atoms with Crippen LogP contribution in [0.1, 0.15) is 44.1 Å². The minimum Gasteiger partial charge on any atom is -0.449 e. The molecule has 0 radical (unpaired) electrons. The maximum Gasteiger partial charge on any atom is 0.340 e. The highest BCUT2D eigenvalue weighted by Crippen LogP contribution is 2.39. The second kappa shape index (κ2) is 12.3. The summed E-state index contributed by atoms with van der Waals surface area (Å²) in [6.07, 6.45) is -1.86. The first-order valence-corrected chi connectivity index (χ1v) is 15.0. The monoisotopic (exact) mass is 678 g/mol. The fourth-order valence-electron chi connectivity index (χ4n) is 5.03. The number of halogens is 2. The highest BCUT2D eigenvalue weighted by molar-refractivity contribution is 9.11. The summed E-state index contributed by atoms with van der Waals surface area (Å²) in [5.41, 5.74) is 2.15. The largest absolute Gasteiger partial charge is 0.449 e. The van der Waals surface area contributed by atoms with E-state index in [4.69, 9.17) is 9.47 Å². The lowest BCUT2D eigenvalue weighted by Crippen LogP contribution is -2.24. The van der Waals surface area contributed by atoms with Crippen molar-refractivity contribution in [2.75, 3.05) is 0 Å². The van der Waals surface area contributed by atoms with E-state index in [1.165, 1.54) is 0 Å². The second-order valence-electron chi connectivity index (χ2n) is 9.77. The predicted molar refractivity (Wildman–Crippen MR) is 172 cm³/mol. The van der Waals surface area contributed by atoms with Crippen LogP contribution in [0.5, 0.6) is 0 Å². The molecule has 0 aliphatic carbocycles. The fourth-order valence-corrected chi connectivity index (χ4v) is 6.35. The van der Waals surface area contributed by atoms with Gasteiger partial charge in [-0.2, -0.15) is 0 Å². The Hall–Kier alpha value is -4.26. The summed E-state index contributed by atoms with van der Waals surface area (Å²) in [4.78, 5) is 27.6. The SMILES string of the molecule is O=C(O[C@@H](c1ccccc1)[C@@H](OC(=O)c1ccc2ccccc2c1Br)c1ccccc1)c1ccc2ccccc2c1Br. The van der Waals surface area contributed by atoms with Crippen molar-refractivity contribution in [1.29, 1.82) is 0 Å². The number of benzene rings is 6. The third-order valence-electron chi connectivity index (χ3n) is 7.17. The van der Waals surface area contributed by atoms with Gasteiger partial charge in [-0.25, -0.2) is 9.59 Å². The van der Waals surface area contributed by atoms with E-state index in [1.807, 2.05) is 121 Å². The molecule has 0 saturated carbocycles. The molecule has 6 aromatic rings. The Kier molecular flexibility index (Phi) is 8.17. The molecule has 206 valence electrons. The normalized spacial score (nSPS) is 12.5. The number of esters is 2. The summed E-state index contributed by atoms with van der Waals surface area (Å²) in [6.45, 7) is 0. The summed E-state index contributed by atoms with van der Waals surface area (Å²) in [6, 6.07) is 41.6.